The summed E-state index contributed by atoms with van der Waals surface area (Å²) in [7, 11) is 0. The van der Waals surface area contributed by atoms with Crippen molar-refractivity contribution in [3.63, 3.8) is 0 Å². The van der Waals surface area contributed by atoms with Crippen molar-refractivity contribution >= 4 is 5.91 Å². The fraction of sp³-hybridized carbons (Fsp3) is 0.389. The Hall–Kier alpha value is -2.85. The van der Waals surface area contributed by atoms with Gasteiger partial charge in [-0.2, -0.15) is 5.26 Å². The number of rotatable bonds is 4. The highest BCUT2D eigenvalue weighted by Gasteiger charge is 2.34. The largest absolute Gasteiger partial charge is 0.425 e. The molecule has 128 valence electrons. The summed E-state index contributed by atoms with van der Waals surface area (Å²) in [6, 6.07) is 8.85. The molecule has 4 heterocycles. The second-order valence-corrected chi connectivity index (χ2v) is 6.44. The fourth-order valence-electron chi connectivity index (χ4n) is 3.53. The molecule has 1 amide bonds. The molecule has 0 radical (unpaired) electrons. The number of amides is 1. The number of aromatic nitrogens is 1. The second-order valence-electron chi connectivity index (χ2n) is 6.44. The van der Waals surface area contributed by atoms with E-state index in [1.165, 1.54) is 19.0 Å². The van der Waals surface area contributed by atoms with Crippen LogP contribution in [0, 0.1) is 17.2 Å². The monoisotopic (exact) mass is 338 g/mol. The molecule has 2 bridgehead atoms. The van der Waals surface area contributed by atoms with Crippen LogP contribution in [0.4, 0.5) is 0 Å². The number of nitriles is 1. The first-order chi connectivity index (χ1) is 12.2. The first-order valence-corrected chi connectivity index (χ1v) is 8.38. The van der Waals surface area contributed by atoms with Gasteiger partial charge in [0, 0.05) is 18.2 Å². The number of benzene rings is 1. The second kappa shape index (κ2) is 6.57. The molecule has 1 atom stereocenters. The van der Waals surface area contributed by atoms with Crippen molar-refractivity contribution in [3.8, 4) is 17.8 Å². The van der Waals surface area contributed by atoms with Crippen LogP contribution in [0.1, 0.15) is 29.1 Å². The van der Waals surface area contributed by atoms with Crippen LogP contribution in [0.2, 0.25) is 0 Å². The molecule has 0 aliphatic carbocycles. The minimum Gasteiger partial charge on any atom is -0.425 e. The van der Waals surface area contributed by atoms with Crippen LogP contribution in [0.25, 0.3) is 0 Å². The standard InChI is InChI=1S/C18H18N4O3/c19-9-16-20-10-17(25-16)24-14-3-1-13(2-4-14)18(23)21-15-11-22-7-5-12(15)6-8-22/h1-4,10,12,15H,5-8,11H2,(H,21,23). The van der Waals surface area contributed by atoms with Gasteiger partial charge in [-0.05, 0) is 56.1 Å². The zero-order valence-electron chi connectivity index (χ0n) is 13.6. The lowest BCUT2D eigenvalue weighted by Crippen LogP contribution is -2.57. The van der Waals surface area contributed by atoms with E-state index in [4.69, 9.17) is 14.4 Å². The lowest BCUT2D eigenvalue weighted by Gasteiger charge is -2.44. The fourth-order valence-corrected chi connectivity index (χ4v) is 3.53. The van der Waals surface area contributed by atoms with Gasteiger partial charge < -0.3 is 19.4 Å². The summed E-state index contributed by atoms with van der Waals surface area (Å²) in [5.41, 5.74) is 0.596. The lowest BCUT2D eigenvalue weighted by atomic mass is 9.84. The number of fused-ring (bicyclic) bond motifs is 3. The topological polar surface area (TPSA) is 91.4 Å². The Morgan fingerprint density at radius 2 is 2.08 bits per heavy atom. The zero-order valence-corrected chi connectivity index (χ0v) is 13.6. The van der Waals surface area contributed by atoms with Crippen LogP contribution in [-0.4, -0.2) is 41.5 Å². The van der Waals surface area contributed by atoms with Gasteiger partial charge in [0.1, 0.15) is 11.9 Å². The molecule has 25 heavy (non-hydrogen) atoms. The maximum absolute atomic E-state index is 12.5. The number of ether oxygens (including phenoxy) is 1. The Kier molecular flexibility index (Phi) is 4.12. The number of piperidine rings is 3. The van der Waals surface area contributed by atoms with Gasteiger partial charge in [0.25, 0.3) is 5.91 Å². The molecular formula is C18H18N4O3. The average molecular weight is 338 g/mol. The molecule has 0 saturated carbocycles. The number of carbonyl (C=O) groups excluding carboxylic acids is 1. The molecule has 1 unspecified atom stereocenters. The molecule has 2 aromatic rings. The van der Waals surface area contributed by atoms with Gasteiger partial charge in [-0.25, -0.2) is 4.98 Å². The van der Waals surface area contributed by atoms with Crippen molar-refractivity contribution in [1.82, 2.24) is 15.2 Å². The number of carbonyl (C=O) groups is 1. The highest BCUT2D eigenvalue weighted by Crippen LogP contribution is 2.28. The van der Waals surface area contributed by atoms with Gasteiger partial charge in [-0.15, -0.1) is 0 Å². The molecule has 3 fully saturated rings. The quantitative estimate of drug-likeness (QED) is 0.918. The molecule has 7 heteroatoms. The average Bonchev–Trinajstić information content (AvgIpc) is 3.11. The number of hydrogen-bond donors (Lipinski definition) is 1. The van der Waals surface area contributed by atoms with E-state index in [1.54, 1.807) is 30.3 Å². The maximum atomic E-state index is 12.5. The number of nitrogens with zero attached hydrogens (tertiary/aromatic N) is 3. The van der Waals surface area contributed by atoms with Gasteiger partial charge in [-0.3, -0.25) is 4.79 Å². The molecule has 3 aliphatic rings. The van der Waals surface area contributed by atoms with Gasteiger partial charge in [0.15, 0.2) is 6.07 Å². The van der Waals surface area contributed by atoms with Crippen molar-refractivity contribution < 1.29 is 13.9 Å². The summed E-state index contributed by atoms with van der Waals surface area (Å²) < 4.78 is 10.5. The van der Waals surface area contributed by atoms with Crippen LogP contribution in [0.5, 0.6) is 11.7 Å². The van der Waals surface area contributed by atoms with E-state index < -0.39 is 0 Å². The van der Waals surface area contributed by atoms with Crippen LogP contribution < -0.4 is 10.1 Å². The molecule has 3 saturated heterocycles. The molecule has 5 rings (SSSR count). The third-order valence-electron chi connectivity index (χ3n) is 4.89. The summed E-state index contributed by atoms with van der Waals surface area (Å²) >= 11 is 0. The van der Waals surface area contributed by atoms with Crippen LogP contribution in [-0.2, 0) is 0 Å². The minimum absolute atomic E-state index is 0.0523. The van der Waals surface area contributed by atoms with E-state index in [9.17, 15) is 4.79 Å². The molecule has 3 aliphatic heterocycles. The normalized spacial score (nSPS) is 24.5. The Morgan fingerprint density at radius 3 is 2.68 bits per heavy atom. The molecule has 1 aromatic heterocycles. The lowest BCUT2D eigenvalue weighted by molar-refractivity contribution is 0.0620. The van der Waals surface area contributed by atoms with E-state index in [1.807, 2.05) is 0 Å². The summed E-state index contributed by atoms with van der Waals surface area (Å²) in [4.78, 5) is 18.6. The number of hydrogen-bond acceptors (Lipinski definition) is 6. The van der Waals surface area contributed by atoms with Gasteiger partial charge in [-0.1, -0.05) is 0 Å². The third kappa shape index (κ3) is 3.35. The molecule has 1 N–H and O–H groups in total. The van der Waals surface area contributed by atoms with E-state index in [2.05, 4.69) is 15.2 Å². The van der Waals surface area contributed by atoms with Gasteiger partial charge in [0.2, 0.25) is 0 Å². The first-order valence-electron chi connectivity index (χ1n) is 8.38. The SMILES string of the molecule is N#Cc1ncc(Oc2ccc(C(=O)NC3CN4CCC3CC4)cc2)o1. The predicted molar refractivity (Wildman–Crippen MR) is 88.2 cm³/mol. The van der Waals surface area contributed by atoms with Crippen molar-refractivity contribution in [1.29, 1.82) is 5.26 Å². The maximum Gasteiger partial charge on any atom is 0.311 e. The highest BCUT2D eigenvalue weighted by atomic mass is 16.6. The van der Waals surface area contributed by atoms with Crippen molar-refractivity contribution in [3.05, 3.63) is 41.9 Å². The summed E-state index contributed by atoms with van der Waals surface area (Å²) in [5.74, 6) is 1.14. The smallest absolute Gasteiger partial charge is 0.311 e. The molecular weight excluding hydrogens is 320 g/mol. The Labute approximate surface area is 145 Å². The Balaban J connectivity index is 1.38. The first kappa shape index (κ1) is 15.7. The van der Waals surface area contributed by atoms with E-state index >= 15 is 0 Å². The molecule has 0 spiro atoms. The molecule has 7 nitrogen and oxygen atoms in total. The highest BCUT2D eigenvalue weighted by molar-refractivity contribution is 5.94. The van der Waals surface area contributed by atoms with Crippen LogP contribution in [0.15, 0.2) is 34.9 Å². The van der Waals surface area contributed by atoms with Gasteiger partial charge >= 0.3 is 11.8 Å². The molecule has 1 aromatic carbocycles. The summed E-state index contributed by atoms with van der Waals surface area (Å²) in [5, 5.41) is 11.8. The van der Waals surface area contributed by atoms with Crippen molar-refractivity contribution in [2.75, 3.05) is 19.6 Å². The van der Waals surface area contributed by atoms with Crippen molar-refractivity contribution in [2.24, 2.45) is 5.92 Å². The summed E-state index contributed by atoms with van der Waals surface area (Å²) in [6.45, 7) is 3.25. The van der Waals surface area contributed by atoms with Gasteiger partial charge in [0.05, 0.1) is 0 Å². The number of nitrogens with one attached hydrogen (secondary N) is 1. The predicted octanol–water partition coefficient (Wildman–Crippen LogP) is 2.16. The number of oxazole rings is 1. The van der Waals surface area contributed by atoms with E-state index in [0.717, 1.165) is 19.6 Å². The van der Waals surface area contributed by atoms with Crippen molar-refractivity contribution in [2.45, 2.75) is 18.9 Å². The summed E-state index contributed by atoms with van der Waals surface area (Å²) in [6.07, 6.45) is 3.67. The van der Waals surface area contributed by atoms with E-state index in [-0.39, 0.29) is 23.8 Å². The van der Waals surface area contributed by atoms with Crippen LogP contribution in [0.3, 0.4) is 0 Å². The zero-order chi connectivity index (χ0) is 17.2. The van der Waals surface area contributed by atoms with Crippen LogP contribution >= 0.6 is 0 Å². The Bertz CT molecular complexity index is 800. The minimum atomic E-state index is -0.0586. The van der Waals surface area contributed by atoms with E-state index in [0.29, 0.717) is 17.2 Å². The third-order valence-corrected chi connectivity index (χ3v) is 4.89. The Morgan fingerprint density at radius 1 is 1.32 bits per heavy atom.